The zero-order chi connectivity index (χ0) is 24.1. The van der Waals surface area contributed by atoms with Crippen molar-refractivity contribution in [1.82, 2.24) is 14.7 Å². The Hall–Kier alpha value is -3.00. The second kappa shape index (κ2) is 10.5. The number of nitrogens with zero attached hydrogens (tertiary/aromatic N) is 3. The van der Waals surface area contributed by atoms with Crippen LogP contribution in [0.3, 0.4) is 0 Å². The topological polar surface area (TPSA) is 53.1 Å². The Bertz CT molecular complexity index is 981. The Morgan fingerprint density at radius 1 is 0.853 bits per heavy atom. The van der Waals surface area contributed by atoms with Gasteiger partial charge < -0.3 is 19.4 Å². The van der Waals surface area contributed by atoms with E-state index in [9.17, 15) is 18.4 Å². The number of carbonyl (C=O) groups is 2. The number of amides is 2. The van der Waals surface area contributed by atoms with Crippen LogP contribution in [0.2, 0.25) is 0 Å². The maximum Gasteiger partial charge on any atom is 0.259 e. The molecule has 0 atom stereocenters. The van der Waals surface area contributed by atoms with Crippen molar-refractivity contribution in [1.29, 1.82) is 0 Å². The first-order valence-electron chi connectivity index (χ1n) is 11.7. The smallest absolute Gasteiger partial charge is 0.259 e. The fourth-order valence-corrected chi connectivity index (χ4v) is 4.66. The average molecular weight is 472 g/mol. The Labute approximate surface area is 199 Å². The van der Waals surface area contributed by atoms with Gasteiger partial charge in [-0.15, -0.1) is 0 Å². The van der Waals surface area contributed by atoms with Gasteiger partial charge in [0.2, 0.25) is 5.91 Å². The lowest BCUT2D eigenvalue weighted by molar-refractivity contribution is -0.136. The van der Waals surface area contributed by atoms with Crippen LogP contribution in [0.1, 0.15) is 29.6 Å². The molecule has 0 aliphatic carbocycles. The van der Waals surface area contributed by atoms with E-state index in [0.29, 0.717) is 52.0 Å². The molecule has 6 nitrogen and oxygen atoms in total. The third-order valence-electron chi connectivity index (χ3n) is 6.96. The summed E-state index contributed by atoms with van der Waals surface area (Å²) in [5, 5.41) is 0. The maximum atomic E-state index is 14.2. The van der Waals surface area contributed by atoms with Gasteiger partial charge in [0.15, 0.2) is 0 Å². The molecule has 0 N–H and O–H groups in total. The van der Waals surface area contributed by atoms with Gasteiger partial charge in [-0.2, -0.15) is 0 Å². The molecule has 2 aliphatic heterocycles. The number of hydrogen-bond acceptors (Lipinski definition) is 4. The predicted molar refractivity (Wildman–Crippen MR) is 125 cm³/mol. The van der Waals surface area contributed by atoms with Gasteiger partial charge in [0.25, 0.3) is 5.91 Å². The highest BCUT2D eigenvalue weighted by atomic mass is 19.1. The molecular formula is C26H31F2N3O3. The Morgan fingerprint density at radius 2 is 1.47 bits per heavy atom. The van der Waals surface area contributed by atoms with E-state index in [-0.39, 0.29) is 5.91 Å². The number of rotatable bonds is 6. The molecule has 0 bridgehead atoms. The second-order valence-corrected chi connectivity index (χ2v) is 9.35. The number of piperazine rings is 1. The number of ether oxygens (including phenoxy) is 1. The quantitative estimate of drug-likeness (QED) is 0.648. The molecule has 2 aromatic carbocycles. The van der Waals surface area contributed by atoms with Crippen LogP contribution < -0.4 is 4.74 Å². The number of para-hydroxylation sites is 1. The van der Waals surface area contributed by atoms with Gasteiger partial charge in [-0.25, -0.2) is 8.78 Å². The lowest BCUT2D eigenvalue weighted by atomic mass is 9.75. The maximum absolute atomic E-state index is 14.2. The predicted octanol–water partition coefficient (Wildman–Crippen LogP) is 3.43. The Kier molecular flexibility index (Phi) is 7.46. The highest BCUT2D eigenvalue weighted by molar-refractivity contribution is 5.94. The van der Waals surface area contributed by atoms with E-state index in [1.54, 1.807) is 0 Å². The van der Waals surface area contributed by atoms with Crippen LogP contribution in [0.15, 0.2) is 48.5 Å². The largest absolute Gasteiger partial charge is 0.493 e. The highest BCUT2D eigenvalue weighted by Crippen LogP contribution is 2.37. The van der Waals surface area contributed by atoms with Crippen molar-refractivity contribution in [3.63, 3.8) is 0 Å². The molecule has 0 radical (unpaired) electrons. The summed E-state index contributed by atoms with van der Waals surface area (Å²) in [5.74, 6) is -1.57. The molecule has 0 aromatic heterocycles. The number of halogens is 2. The first-order chi connectivity index (χ1) is 16.4. The van der Waals surface area contributed by atoms with Crippen LogP contribution in [0.25, 0.3) is 0 Å². The molecule has 0 spiro atoms. The van der Waals surface area contributed by atoms with Crippen LogP contribution in [0.4, 0.5) is 8.78 Å². The van der Waals surface area contributed by atoms with E-state index in [2.05, 4.69) is 4.90 Å². The zero-order valence-corrected chi connectivity index (χ0v) is 19.5. The lowest BCUT2D eigenvalue weighted by Crippen LogP contribution is -2.51. The summed E-state index contributed by atoms with van der Waals surface area (Å²) in [7, 11) is 2.04. The number of piperidine rings is 1. The third kappa shape index (κ3) is 5.55. The van der Waals surface area contributed by atoms with Crippen LogP contribution in [0.5, 0.6) is 5.75 Å². The number of benzene rings is 2. The minimum atomic E-state index is -0.862. The molecule has 0 saturated carbocycles. The van der Waals surface area contributed by atoms with Crippen molar-refractivity contribution in [3.05, 3.63) is 65.7 Å². The van der Waals surface area contributed by atoms with Crippen LogP contribution in [0, 0.1) is 17.0 Å². The first kappa shape index (κ1) is 24.1. The molecule has 2 heterocycles. The van der Waals surface area contributed by atoms with E-state index in [1.165, 1.54) is 11.0 Å². The molecule has 8 heteroatoms. The summed E-state index contributed by atoms with van der Waals surface area (Å²) < 4.78 is 34.4. The summed E-state index contributed by atoms with van der Waals surface area (Å²) in [6, 6.07) is 12.9. The normalized spacial score (nSPS) is 18.6. The van der Waals surface area contributed by atoms with Crippen molar-refractivity contribution in [2.45, 2.75) is 19.3 Å². The molecule has 34 heavy (non-hydrogen) atoms. The standard InChI is InChI=1S/C26H31F2N3O3/c1-29-14-16-30(17-15-29)23(32)18-26(19-34-20-6-3-2-4-7-20)10-12-31(13-11-26)25(33)24-21(27)8-5-9-22(24)28/h2-9H,10-19H2,1H3. The summed E-state index contributed by atoms with van der Waals surface area (Å²) in [6.45, 7) is 4.03. The molecule has 4 rings (SSSR count). The average Bonchev–Trinajstić information content (AvgIpc) is 2.84. The van der Waals surface area contributed by atoms with Gasteiger partial charge in [-0.05, 0) is 44.2 Å². The van der Waals surface area contributed by atoms with Gasteiger partial charge in [0.05, 0.1) is 6.61 Å². The van der Waals surface area contributed by atoms with Crippen molar-refractivity contribution in [3.8, 4) is 5.75 Å². The lowest BCUT2D eigenvalue weighted by Gasteiger charge is -2.42. The van der Waals surface area contributed by atoms with Crippen LogP contribution >= 0.6 is 0 Å². The van der Waals surface area contributed by atoms with Gasteiger partial charge >= 0.3 is 0 Å². The molecule has 0 unspecified atom stereocenters. The number of likely N-dealkylation sites (N-methyl/N-ethyl adjacent to an activating group) is 1. The monoisotopic (exact) mass is 471 g/mol. The van der Waals surface area contributed by atoms with E-state index in [4.69, 9.17) is 4.74 Å². The molecule has 182 valence electrons. The Balaban J connectivity index is 1.46. The number of carbonyl (C=O) groups excluding carboxylic acids is 2. The summed E-state index contributed by atoms with van der Waals surface area (Å²) in [6.07, 6.45) is 1.35. The van der Waals surface area contributed by atoms with Gasteiger partial charge in [0.1, 0.15) is 22.9 Å². The number of likely N-dealkylation sites (tertiary alicyclic amines) is 1. The summed E-state index contributed by atoms with van der Waals surface area (Å²) in [4.78, 5) is 31.6. The van der Waals surface area contributed by atoms with Crippen molar-refractivity contribution in [2.24, 2.45) is 5.41 Å². The third-order valence-corrected chi connectivity index (χ3v) is 6.96. The van der Waals surface area contributed by atoms with Crippen molar-refractivity contribution < 1.29 is 23.1 Å². The first-order valence-corrected chi connectivity index (χ1v) is 11.7. The highest BCUT2D eigenvalue weighted by Gasteiger charge is 2.40. The van der Waals surface area contributed by atoms with Crippen molar-refractivity contribution >= 4 is 11.8 Å². The minimum absolute atomic E-state index is 0.0877. The molecule has 2 aromatic rings. The minimum Gasteiger partial charge on any atom is -0.493 e. The zero-order valence-electron chi connectivity index (χ0n) is 19.5. The summed E-state index contributed by atoms with van der Waals surface area (Å²) >= 11 is 0. The second-order valence-electron chi connectivity index (χ2n) is 9.35. The molecule has 2 saturated heterocycles. The molecule has 2 amide bonds. The SMILES string of the molecule is CN1CCN(C(=O)CC2(COc3ccccc3)CCN(C(=O)c3c(F)cccc3F)CC2)CC1. The van der Waals surface area contributed by atoms with E-state index >= 15 is 0 Å². The molecule has 2 fully saturated rings. The van der Waals surface area contributed by atoms with Gasteiger partial charge in [-0.1, -0.05) is 24.3 Å². The van der Waals surface area contributed by atoms with E-state index in [1.807, 2.05) is 42.3 Å². The van der Waals surface area contributed by atoms with Gasteiger partial charge in [0, 0.05) is 51.1 Å². The van der Waals surface area contributed by atoms with E-state index in [0.717, 1.165) is 31.0 Å². The van der Waals surface area contributed by atoms with Crippen LogP contribution in [-0.4, -0.2) is 79.4 Å². The molecular weight excluding hydrogens is 440 g/mol. The van der Waals surface area contributed by atoms with E-state index < -0.39 is 28.5 Å². The fraction of sp³-hybridized carbons (Fsp3) is 0.462. The summed E-state index contributed by atoms with van der Waals surface area (Å²) in [5.41, 5.74) is -0.982. The van der Waals surface area contributed by atoms with Crippen molar-refractivity contribution in [2.75, 3.05) is 52.9 Å². The Morgan fingerprint density at radius 3 is 2.09 bits per heavy atom. The fourth-order valence-electron chi connectivity index (χ4n) is 4.66. The van der Waals surface area contributed by atoms with Gasteiger partial charge in [-0.3, -0.25) is 9.59 Å². The van der Waals surface area contributed by atoms with Crippen LogP contribution in [-0.2, 0) is 4.79 Å². The number of hydrogen-bond donors (Lipinski definition) is 0. The molecule has 2 aliphatic rings.